The summed E-state index contributed by atoms with van der Waals surface area (Å²) in [5.74, 6) is 1.96. The minimum absolute atomic E-state index is 0.000290. The maximum absolute atomic E-state index is 13.8. The molecule has 36 heavy (non-hydrogen) atoms. The molecule has 1 atom stereocenters. The molecule has 2 fully saturated rings. The summed E-state index contributed by atoms with van der Waals surface area (Å²) in [7, 11) is 0. The second-order valence-electron chi connectivity index (χ2n) is 10.8. The molecule has 2 amide bonds. The molecule has 5 rings (SSSR count). The second kappa shape index (κ2) is 10.1. The van der Waals surface area contributed by atoms with Crippen LogP contribution in [0.15, 0.2) is 42.5 Å². The average molecular weight is 492 g/mol. The Balaban J connectivity index is 1.34. The van der Waals surface area contributed by atoms with Gasteiger partial charge < -0.3 is 19.7 Å². The zero-order valence-electron chi connectivity index (χ0n) is 21.6. The first-order chi connectivity index (χ1) is 17.4. The fraction of sp³-hybridized carbons (Fsp3) is 0.517. The SMILES string of the molecule is Cc1ccccc1CN1C(=O)C(CC(C)C)NC(=O)C12CCN(Cc1ccc3c(c1)OCCO3)CC2. The lowest BCUT2D eigenvalue weighted by Crippen LogP contribution is -2.72. The number of nitrogens with zero attached hydrogens (tertiary/aromatic N) is 2. The van der Waals surface area contributed by atoms with Crippen molar-refractivity contribution in [1.82, 2.24) is 15.1 Å². The van der Waals surface area contributed by atoms with E-state index in [-0.39, 0.29) is 11.8 Å². The summed E-state index contributed by atoms with van der Waals surface area (Å²) in [5, 5.41) is 3.11. The number of amides is 2. The van der Waals surface area contributed by atoms with Crippen LogP contribution in [-0.2, 0) is 22.7 Å². The highest BCUT2D eigenvalue weighted by Crippen LogP contribution is 2.37. The van der Waals surface area contributed by atoms with Crippen molar-refractivity contribution < 1.29 is 19.1 Å². The highest BCUT2D eigenvalue weighted by Gasteiger charge is 2.53. The number of benzene rings is 2. The minimum atomic E-state index is -0.809. The third-order valence-electron chi connectivity index (χ3n) is 7.80. The summed E-state index contributed by atoms with van der Waals surface area (Å²) in [5.41, 5.74) is 2.59. The van der Waals surface area contributed by atoms with E-state index in [0.29, 0.717) is 44.9 Å². The number of ether oxygens (including phenoxy) is 2. The lowest BCUT2D eigenvalue weighted by atomic mass is 9.80. The minimum Gasteiger partial charge on any atom is -0.486 e. The van der Waals surface area contributed by atoms with Gasteiger partial charge in [-0.2, -0.15) is 0 Å². The van der Waals surface area contributed by atoms with Gasteiger partial charge >= 0.3 is 0 Å². The standard InChI is InChI=1S/C29H37N3O4/c1-20(2)16-24-27(33)32(19-23-7-5-4-6-21(23)3)29(28(34)30-24)10-12-31(13-11-29)18-22-8-9-25-26(17-22)36-15-14-35-25/h4-9,17,20,24H,10-16,18-19H2,1-3H3,(H,30,34). The third-order valence-corrected chi connectivity index (χ3v) is 7.80. The number of fused-ring (bicyclic) bond motifs is 1. The van der Waals surface area contributed by atoms with E-state index in [1.165, 1.54) is 0 Å². The van der Waals surface area contributed by atoms with E-state index in [2.05, 4.69) is 55.3 Å². The van der Waals surface area contributed by atoms with Crippen molar-refractivity contribution in [2.75, 3.05) is 26.3 Å². The quantitative estimate of drug-likeness (QED) is 0.668. The first-order valence-electron chi connectivity index (χ1n) is 13.1. The number of hydrogen-bond acceptors (Lipinski definition) is 5. The molecular weight excluding hydrogens is 454 g/mol. The number of hydrogen-bond donors (Lipinski definition) is 1. The molecule has 3 aliphatic rings. The molecule has 0 radical (unpaired) electrons. The maximum atomic E-state index is 13.8. The molecule has 1 spiro atoms. The molecule has 0 bridgehead atoms. The van der Waals surface area contributed by atoms with Gasteiger partial charge in [-0.1, -0.05) is 44.2 Å². The Morgan fingerprint density at radius 1 is 1.00 bits per heavy atom. The molecule has 2 saturated heterocycles. The van der Waals surface area contributed by atoms with Crippen LogP contribution in [0.3, 0.4) is 0 Å². The summed E-state index contributed by atoms with van der Waals surface area (Å²) in [6.07, 6.45) is 1.89. The van der Waals surface area contributed by atoms with E-state index < -0.39 is 11.6 Å². The predicted octanol–water partition coefficient (Wildman–Crippen LogP) is 3.67. The van der Waals surface area contributed by atoms with Crippen LogP contribution in [0.2, 0.25) is 0 Å². The molecule has 7 heteroatoms. The Hall–Kier alpha value is -3.06. The van der Waals surface area contributed by atoms with Crippen molar-refractivity contribution in [3.8, 4) is 11.5 Å². The number of carbonyl (C=O) groups excluding carboxylic acids is 2. The van der Waals surface area contributed by atoms with Gasteiger partial charge in [0.2, 0.25) is 11.8 Å². The van der Waals surface area contributed by atoms with Crippen molar-refractivity contribution in [2.24, 2.45) is 5.92 Å². The Bertz CT molecular complexity index is 1120. The number of nitrogens with one attached hydrogen (secondary N) is 1. The van der Waals surface area contributed by atoms with Gasteiger partial charge in [0, 0.05) is 26.2 Å². The van der Waals surface area contributed by atoms with Gasteiger partial charge in [0.25, 0.3) is 0 Å². The molecule has 192 valence electrons. The Morgan fingerprint density at radius 2 is 1.72 bits per heavy atom. The van der Waals surface area contributed by atoms with Crippen molar-refractivity contribution >= 4 is 11.8 Å². The van der Waals surface area contributed by atoms with E-state index >= 15 is 0 Å². The summed E-state index contributed by atoms with van der Waals surface area (Å²) in [4.78, 5) is 31.7. The summed E-state index contributed by atoms with van der Waals surface area (Å²) in [6, 6.07) is 13.8. The zero-order valence-corrected chi connectivity index (χ0v) is 21.6. The van der Waals surface area contributed by atoms with Gasteiger partial charge in [-0.3, -0.25) is 14.5 Å². The number of carbonyl (C=O) groups is 2. The van der Waals surface area contributed by atoms with Gasteiger partial charge in [-0.15, -0.1) is 0 Å². The number of piperidine rings is 1. The van der Waals surface area contributed by atoms with Crippen LogP contribution in [0.1, 0.15) is 49.8 Å². The highest BCUT2D eigenvalue weighted by molar-refractivity contribution is 6.00. The van der Waals surface area contributed by atoms with Gasteiger partial charge in [-0.05, 0) is 60.9 Å². The van der Waals surface area contributed by atoms with Crippen LogP contribution in [0, 0.1) is 12.8 Å². The highest BCUT2D eigenvalue weighted by atomic mass is 16.6. The first kappa shape index (κ1) is 24.6. The second-order valence-corrected chi connectivity index (χ2v) is 10.8. The first-order valence-corrected chi connectivity index (χ1v) is 13.1. The van der Waals surface area contributed by atoms with Gasteiger partial charge in [-0.25, -0.2) is 0 Å². The summed E-state index contributed by atoms with van der Waals surface area (Å²) >= 11 is 0. The summed E-state index contributed by atoms with van der Waals surface area (Å²) < 4.78 is 11.4. The van der Waals surface area contributed by atoms with E-state index in [9.17, 15) is 9.59 Å². The Kier molecular flexibility index (Phi) is 6.93. The molecule has 3 aliphatic heterocycles. The number of piperazine rings is 1. The zero-order chi connectivity index (χ0) is 25.3. The number of rotatable bonds is 6. The predicted molar refractivity (Wildman–Crippen MR) is 138 cm³/mol. The molecule has 2 aromatic rings. The molecule has 1 N–H and O–H groups in total. The summed E-state index contributed by atoms with van der Waals surface area (Å²) in [6.45, 7) is 10.1. The fourth-order valence-electron chi connectivity index (χ4n) is 5.72. The average Bonchev–Trinajstić information content (AvgIpc) is 2.87. The maximum Gasteiger partial charge on any atom is 0.246 e. The van der Waals surface area contributed by atoms with Crippen LogP contribution in [0.25, 0.3) is 0 Å². The van der Waals surface area contributed by atoms with Crippen LogP contribution in [-0.4, -0.2) is 59.5 Å². The van der Waals surface area contributed by atoms with E-state index in [4.69, 9.17) is 9.47 Å². The van der Waals surface area contributed by atoms with E-state index in [1.54, 1.807) is 0 Å². The number of aryl methyl sites for hydroxylation is 1. The lowest BCUT2D eigenvalue weighted by Gasteiger charge is -2.52. The van der Waals surface area contributed by atoms with Crippen LogP contribution < -0.4 is 14.8 Å². The van der Waals surface area contributed by atoms with Crippen molar-refractivity contribution in [2.45, 2.75) is 64.7 Å². The molecule has 2 aromatic carbocycles. The smallest absolute Gasteiger partial charge is 0.246 e. The monoisotopic (exact) mass is 491 g/mol. The molecule has 3 heterocycles. The van der Waals surface area contributed by atoms with E-state index in [1.807, 2.05) is 23.1 Å². The van der Waals surface area contributed by atoms with Crippen molar-refractivity contribution in [3.63, 3.8) is 0 Å². The van der Waals surface area contributed by atoms with Crippen LogP contribution in [0.4, 0.5) is 0 Å². The van der Waals surface area contributed by atoms with Gasteiger partial charge in [0.15, 0.2) is 11.5 Å². The molecular formula is C29H37N3O4. The third kappa shape index (κ3) is 4.81. The van der Waals surface area contributed by atoms with Crippen LogP contribution in [0.5, 0.6) is 11.5 Å². The van der Waals surface area contributed by atoms with Crippen LogP contribution >= 0.6 is 0 Å². The van der Waals surface area contributed by atoms with Crippen molar-refractivity contribution in [3.05, 3.63) is 59.2 Å². The topological polar surface area (TPSA) is 71.1 Å². The number of likely N-dealkylation sites (tertiary alicyclic amines) is 1. The largest absolute Gasteiger partial charge is 0.486 e. The Labute approximate surface area is 213 Å². The van der Waals surface area contributed by atoms with E-state index in [0.717, 1.165) is 47.8 Å². The molecule has 0 aromatic heterocycles. The molecule has 0 aliphatic carbocycles. The van der Waals surface area contributed by atoms with Gasteiger partial charge in [0.1, 0.15) is 24.8 Å². The normalized spacial score (nSPS) is 21.7. The van der Waals surface area contributed by atoms with Crippen molar-refractivity contribution in [1.29, 1.82) is 0 Å². The molecule has 1 unspecified atom stereocenters. The lowest BCUT2D eigenvalue weighted by molar-refractivity contribution is -0.162. The molecule has 7 nitrogen and oxygen atoms in total. The Morgan fingerprint density at radius 3 is 2.44 bits per heavy atom. The van der Waals surface area contributed by atoms with Gasteiger partial charge in [0.05, 0.1) is 0 Å². The fourth-order valence-corrected chi connectivity index (χ4v) is 5.72. The molecule has 0 saturated carbocycles.